The normalized spacial score (nSPS) is 30.9. The lowest BCUT2D eigenvalue weighted by Crippen LogP contribution is -2.15. The molecule has 2 aliphatic rings. The van der Waals surface area contributed by atoms with Crippen LogP contribution in [0.3, 0.4) is 0 Å². The molecule has 2 N–H and O–H groups in total. The topological polar surface area (TPSA) is 74.2 Å². The lowest BCUT2D eigenvalue weighted by molar-refractivity contribution is 0.0830. The molecule has 2 fully saturated rings. The van der Waals surface area contributed by atoms with Crippen molar-refractivity contribution in [3.05, 3.63) is 11.7 Å². The third kappa shape index (κ3) is 2.35. The summed E-state index contributed by atoms with van der Waals surface area (Å²) in [4.78, 5) is 4.56. The Morgan fingerprint density at radius 1 is 1.06 bits per heavy atom. The monoisotopic (exact) mass is 237 g/mol. The molecule has 0 bridgehead atoms. The maximum absolute atomic E-state index is 5.91. The first kappa shape index (κ1) is 11.2. The van der Waals surface area contributed by atoms with Crippen molar-refractivity contribution in [2.24, 2.45) is 5.73 Å². The fourth-order valence-corrected chi connectivity index (χ4v) is 2.78. The first-order valence-electron chi connectivity index (χ1n) is 6.50. The van der Waals surface area contributed by atoms with E-state index in [1.54, 1.807) is 0 Å². The molecule has 0 amide bonds. The van der Waals surface area contributed by atoms with Crippen LogP contribution >= 0.6 is 0 Å². The highest BCUT2D eigenvalue weighted by Gasteiger charge is 2.29. The van der Waals surface area contributed by atoms with Gasteiger partial charge >= 0.3 is 0 Å². The highest BCUT2D eigenvalue weighted by molar-refractivity contribution is 5.02. The van der Waals surface area contributed by atoms with Gasteiger partial charge in [-0.3, -0.25) is 0 Å². The first-order chi connectivity index (χ1) is 8.33. The molecule has 3 rings (SSSR count). The van der Waals surface area contributed by atoms with Gasteiger partial charge < -0.3 is 15.0 Å². The van der Waals surface area contributed by atoms with E-state index in [2.05, 4.69) is 10.1 Å². The van der Waals surface area contributed by atoms with Gasteiger partial charge in [0.15, 0.2) is 5.82 Å². The molecule has 0 aromatic carbocycles. The summed E-state index contributed by atoms with van der Waals surface area (Å²) >= 11 is 0. The van der Waals surface area contributed by atoms with E-state index in [1.165, 1.54) is 0 Å². The maximum Gasteiger partial charge on any atom is 0.229 e. The van der Waals surface area contributed by atoms with Gasteiger partial charge in [0.2, 0.25) is 5.89 Å². The van der Waals surface area contributed by atoms with Gasteiger partial charge in [0.25, 0.3) is 0 Å². The van der Waals surface area contributed by atoms with Crippen LogP contribution in [0.1, 0.15) is 55.7 Å². The minimum absolute atomic E-state index is 0.304. The number of hydrogen-bond acceptors (Lipinski definition) is 5. The van der Waals surface area contributed by atoms with Crippen molar-refractivity contribution in [2.45, 2.75) is 50.0 Å². The molecule has 17 heavy (non-hydrogen) atoms. The van der Waals surface area contributed by atoms with Gasteiger partial charge in [0, 0.05) is 31.1 Å². The van der Waals surface area contributed by atoms with Gasteiger partial charge in [0.1, 0.15) is 0 Å². The molecule has 1 aliphatic heterocycles. The van der Waals surface area contributed by atoms with E-state index < -0.39 is 0 Å². The molecule has 0 radical (unpaired) electrons. The second kappa shape index (κ2) is 4.74. The summed E-state index contributed by atoms with van der Waals surface area (Å²) in [5.74, 6) is 2.45. The number of aromatic nitrogens is 2. The molecule has 5 nitrogen and oxygen atoms in total. The summed E-state index contributed by atoms with van der Waals surface area (Å²) in [6, 6.07) is 0.304. The summed E-state index contributed by atoms with van der Waals surface area (Å²) in [7, 11) is 0. The van der Waals surface area contributed by atoms with Crippen molar-refractivity contribution in [1.82, 2.24) is 10.1 Å². The quantitative estimate of drug-likeness (QED) is 0.844. The zero-order chi connectivity index (χ0) is 11.7. The van der Waals surface area contributed by atoms with Crippen LogP contribution in [0.4, 0.5) is 0 Å². The second-order valence-corrected chi connectivity index (χ2v) is 5.15. The van der Waals surface area contributed by atoms with Gasteiger partial charge in [-0.05, 0) is 32.1 Å². The average molecular weight is 237 g/mol. The van der Waals surface area contributed by atoms with Gasteiger partial charge in [-0.25, -0.2) is 0 Å². The molecule has 1 saturated carbocycles. The van der Waals surface area contributed by atoms with Crippen LogP contribution in [0.15, 0.2) is 4.52 Å². The van der Waals surface area contributed by atoms with E-state index in [0.717, 1.165) is 57.0 Å². The molecule has 0 unspecified atom stereocenters. The van der Waals surface area contributed by atoms with Crippen LogP contribution in [-0.4, -0.2) is 29.4 Å². The van der Waals surface area contributed by atoms with Gasteiger partial charge in [-0.15, -0.1) is 0 Å². The van der Waals surface area contributed by atoms with E-state index in [0.29, 0.717) is 17.9 Å². The summed E-state index contributed by atoms with van der Waals surface area (Å²) in [6.07, 6.45) is 5.14. The maximum atomic E-state index is 5.91. The van der Waals surface area contributed by atoms with Crippen molar-refractivity contribution >= 4 is 0 Å². The Bertz CT molecular complexity index is 354. The average Bonchev–Trinajstić information content (AvgIpc) is 2.98. The molecule has 2 atom stereocenters. The van der Waals surface area contributed by atoms with E-state index >= 15 is 0 Å². The van der Waals surface area contributed by atoms with E-state index in [9.17, 15) is 0 Å². The Kier molecular flexibility index (Phi) is 3.11. The number of hydrogen-bond donors (Lipinski definition) is 1. The van der Waals surface area contributed by atoms with Crippen LogP contribution < -0.4 is 5.73 Å². The number of nitrogens with two attached hydrogens (primary N) is 1. The predicted molar refractivity (Wildman–Crippen MR) is 61.7 cm³/mol. The van der Waals surface area contributed by atoms with E-state index in [4.69, 9.17) is 15.0 Å². The van der Waals surface area contributed by atoms with Gasteiger partial charge in [-0.1, -0.05) is 5.16 Å². The van der Waals surface area contributed by atoms with Crippen molar-refractivity contribution in [3.63, 3.8) is 0 Å². The van der Waals surface area contributed by atoms with Crippen LogP contribution in [0.25, 0.3) is 0 Å². The Labute approximate surface area is 101 Å². The lowest BCUT2D eigenvalue weighted by Gasteiger charge is -2.18. The van der Waals surface area contributed by atoms with Gasteiger partial charge in [0.05, 0.1) is 0 Å². The first-order valence-corrected chi connectivity index (χ1v) is 6.50. The predicted octanol–water partition coefficient (Wildman–Crippen LogP) is 1.56. The smallest absolute Gasteiger partial charge is 0.229 e. The van der Waals surface area contributed by atoms with Crippen LogP contribution in [0, 0.1) is 0 Å². The van der Waals surface area contributed by atoms with E-state index in [1.807, 2.05) is 0 Å². The molecule has 0 spiro atoms. The van der Waals surface area contributed by atoms with Crippen LogP contribution in [0.5, 0.6) is 0 Å². The summed E-state index contributed by atoms with van der Waals surface area (Å²) < 4.78 is 10.7. The van der Waals surface area contributed by atoms with Crippen LogP contribution in [0.2, 0.25) is 0 Å². The highest BCUT2D eigenvalue weighted by atomic mass is 16.5. The second-order valence-electron chi connectivity index (χ2n) is 5.15. The molecule has 1 aliphatic carbocycles. The highest BCUT2D eigenvalue weighted by Crippen LogP contribution is 2.34. The molecule has 1 aromatic heterocycles. The van der Waals surface area contributed by atoms with E-state index in [-0.39, 0.29) is 0 Å². The molecule has 2 heterocycles. The van der Waals surface area contributed by atoms with Crippen molar-refractivity contribution in [2.75, 3.05) is 13.2 Å². The third-order valence-corrected chi connectivity index (χ3v) is 3.87. The van der Waals surface area contributed by atoms with Gasteiger partial charge in [-0.2, -0.15) is 4.98 Å². The minimum Gasteiger partial charge on any atom is -0.381 e. The summed E-state index contributed by atoms with van der Waals surface area (Å²) in [5.41, 5.74) is 5.91. The Balaban J connectivity index is 1.69. The number of rotatable bonds is 2. The summed E-state index contributed by atoms with van der Waals surface area (Å²) in [6.45, 7) is 1.62. The zero-order valence-electron chi connectivity index (χ0n) is 9.97. The molecule has 5 heteroatoms. The molecule has 1 aromatic rings. The zero-order valence-corrected chi connectivity index (χ0v) is 9.97. The fourth-order valence-electron chi connectivity index (χ4n) is 2.78. The van der Waals surface area contributed by atoms with Crippen LogP contribution in [-0.2, 0) is 4.74 Å². The van der Waals surface area contributed by atoms with Crippen molar-refractivity contribution in [1.29, 1.82) is 0 Å². The lowest BCUT2D eigenvalue weighted by atomic mass is 10.00. The van der Waals surface area contributed by atoms with Crippen molar-refractivity contribution in [3.8, 4) is 0 Å². The third-order valence-electron chi connectivity index (χ3n) is 3.87. The largest absolute Gasteiger partial charge is 0.381 e. The molecule has 94 valence electrons. The number of nitrogens with zero attached hydrogens (tertiary/aromatic N) is 2. The Morgan fingerprint density at radius 2 is 1.88 bits per heavy atom. The standard InChI is InChI=1S/C12H19N3O2/c13-10-2-1-9(7-10)12-14-11(15-17-12)8-3-5-16-6-4-8/h8-10H,1-7,13H2/t9-,10+/m1/s1. The summed E-state index contributed by atoms with van der Waals surface area (Å²) in [5, 5.41) is 4.13. The SMILES string of the molecule is N[C@H]1CC[C@@H](c2nc(C3CCOCC3)no2)C1. The minimum atomic E-state index is 0.304. The number of ether oxygens (including phenoxy) is 1. The molecular formula is C12H19N3O2. The Hall–Kier alpha value is -0.940. The van der Waals surface area contributed by atoms with Crippen molar-refractivity contribution < 1.29 is 9.26 Å². The molecule has 1 saturated heterocycles. The fraction of sp³-hybridized carbons (Fsp3) is 0.833. The molecular weight excluding hydrogens is 218 g/mol. The Morgan fingerprint density at radius 3 is 2.59 bits per heavy atom.